The summed E-state index contributed by atoms with van der Waals surface area (Å²) in [6, 6.07) is 9.04. The topological polar surface area (TPSA) is 109 Å². The summed E-state index contributed by atoms with van der Waals surface area (Å²) >= 11 is 0. The lowest BCUT2D eigenvalue weighted by Crippen LogP contribution is -2.30. The number of sulfone groups is 1. The van der Waals surface area contributed by atoms with Crippen molar-refractivity contribution >= 4 is 32.4 Å². The van der Waals surface area contributed by atoms with Crippen LogP contribution in [0.25, 0.3) is 27.9 Å². The van der Waals surface area contributed by atoms with Crippen LogP contribution in [0.2, 0.25) is 0 Å². The summed E-state index contributed by atoms with van der Waals surface area (Å²) in [6.07, 6.45) is 7.56. The Hall–Kier alpha value is -3.20. The molecular formula is C22H23N5O3S. The minimum Gasteiger partial charge on any atom is -0.354 e. The van der Waals surface area contributed by atoms with Crippen molar-refractivity contribution in [1.82, 2.24) is 24.7 Å². The van der Waals surface area contributed by atoms with Crippen LogP contribution >= 0.6 is 0 Å². The molecule has 0 bridgehead atoms. The SMILES string of the molecule is CC(=O)N[C@H]1CC[C@@H](c2ncc3cnc4[nH]c(-c5cccc(S(C)(=O)=O)c5)cc4n23)C1. The van der Waals surface area contributed by atoms with Gasteiger partial charge in [0.05, 0.1) is 28.3 Å². The second kappa shape index (κ2) is 7.19. The monoisotopic (exact) mass is 437 g/mol. The molecule has 1 aliphatic rings. The van der Waals surface area contributed by atoms with Crippen LogP contribution in [0.5, 0.6) is 0 Å². The minimum absolute atomic E-state index is 0.00295. The fraction of sp³-hybridized carbons (Fsp3) is 0.318. The summed E-state index contributed by atoms with van der Waals surface area (Å²) in [5.74, 6) is 1.21. The molecule has 8 nitrogen and oxygen atoms in total. The van der Waals surface area contributed by atoms with Crippen LogP contribution in [0.3, 0.4) is 0 Å². The molecule has 3 heterocycles. The normalized spacial score (nSPS) is 19.3. The maximum atomic E-state index is 12.0. The molecule has 2 atom stereocenters. The van der Waals surface area contributed by atoms with E-state index in [9.17, 15) is 13.2 Å². The Bertz CT molecular complexity index is 1420. The number of H-pyrrole nitrogens is 1. The highest BCUT2D eigenvalue weighted by molar-refractivity contribution is 7.90. The predicted molar refractivity (Wildman–Crippen MR) is 118 cm³/mol. The average molecular weight is 438 g/mol. The predicted octanol–water partition coefficient (Wildman–Crippen LogP) is 3.05. The highest BCUT2D eigenvalue weighted by Crippen LogP contribution is 2.35. The molecule has 0 aliphatic heterocycles. The number of amides is 1. The quantitative estimate of drug-likeness (QED) is 0.510. The summed E-state index contributed by atoms with van der Waals surface area (Å²) in [5, 5.41) is 3.02. The van der Waals surface area contributed by atoms with Gasteiger partial charge in [0.1, 0.15) is 5.82 Å². The molecule has 3 aromatic heterocycles. The molecule has 1 aromatic carbocycles. The lowest BCUT2D eigenvalue weighted by atomic mass is 10.1. The summed E-state index contributed by atoms with van der Waals surface area (Å²) < 4.78 is 26.0. The second-order valence-corrected chi connectivity index (χ2v) is 10.3. The highest BCUT2D eigenvalue weighted by atomic mass is 32.2. The maximum absolute atomic E-state index is 12.0. The van der Waals surface area contributed by atoms with E-state index in [0.29, 0.717) is 5.65 Å². The van der Waals surface area contributed by atoms with Gasteiger partial charge in [-0.2, -0.15) is 0 Å². The van der Waals surface area contributed by atoms with Gasteiger partial charge in [-0.05, 0) is 43.0 Å². The highest BCUT2D eigenvalue weighted by Gasteiger charge is 2.29. The fourth-order valence-corrected chi connectivity index (χ4v) is 5.21. The molecule has 2 N–H and O–H groups in total. The number of hydrogen-bond acceptors (Lipinski definition) is 5. The van der Waals surface area contributed by atoms with Gasteiger partial charge in [0, 0.05) is 30.8 Å². The number of rotatable bonds is 4. The van der Waals surface area contributed by atoms with Crippen LogP contribution in [0, 0.1) is 0 Å². The van der Waals surface area contributed by atoms with Gasteiger partial charge in [-0.3, -0.25) is 9.20 Å². The zero-order valence-electron chi connectivity index (χ0n) is 17.3. The third-order valence-corrected chi connectivity index (χ3v) is 7.05. The van der Waals surface area contributed by atoms with Gasteiger partial charge < -0.3 is 10.3 Å². The second-order valence-electron chi connectivity index (χ2n) is 8.26. The zero-order valence-corrected chi connectivity index (χ0v) is 18.1. The minimum atomic E-state index is -3.30. The summed E-state index contributed by atoms with van der Waals surface area (Å²) in [4.78, 5) is 24.2. The summed E-state index contributed by atoms with van der Waals surface area (Å²) in [5.41, 5.74) is 4.08. The van der Waals surface area contributed by atoms with Crippen molar-refractivity contribution in [2.24, 2.45) is 0 Å². The standard InChI is InChI=1S/C22H23N5O3S/c1-13(28)25-16-7-6-15(8-16)22-24-12-17-11-23-21-20(27(17)22)10-19(26-21)14-4-3-5-18(9-14)31(2,29)30/h3-5,9-12,15-16,26H,6-8H2,1-2H3,(H,25,28)/t15-,16+/m1/s1. The van der Waals surface area contributed by atoms with Crippen LogP contribution in [0.1, 0.15) is 37.9 Å². The first-order valence-corrected chi connectivity index (χ1v) is 12.1. The Kier molecular flexibility index (Phi) is 4.58. The van der Waals surface area contributed by atoms with E-state index in [4.69, 9.17) is 0 Å². The van der Waals surface area contributed by atoms with E-state index in [-0.39, 0.29) is 22.8 Å². The Labute approximate surface area is 179 Å². The first-order chi connectivity index (χ1) is 14.8. The lowest BCUT2D eigenvalue weighted by Gasteiger charge is -2.12. The number of fused-ring (bicyclic) bond motifs is 3. The molecule has 1 saturated carbocycles. The average Bonchev–Trinajstić information content (AvgIpc) is 3.43. The van der Waals surface area contributed by atoms with E-state index in [0.717, 1.165) is 47.4 Å². The van der Waals surface area contributed by atoms with Crippen molar-refractivity contribution in [1.29, 1.82) is 0 Å². The van der Waals surface area contributed by atoms with E-state index in [1.165, 1.54) is 6.26 Å². The molecule has 1 aliphatic carbocycles. The number of aromatic nitrogens is 4. The number of hydrogen-bond donors (Lipinski definition) is 2. The molecule has 0 unspecified atom stereocenters. The van der Waals surface area contributed by atoms with E-state index in [2.05, 4.69) is 24.7 Å². The number of benzene rings is 1. The van der Waals surface area contributed by atoms with Gasteiger partial charge in [-0.25, -0.2) is 18.4 Å². The van der Waals surface area contributed by atoms with Crippen LogP contribution in [-0.4, -0.2) is 46.0 Å². The molecule has 31 heavy (non-hydrogen) atoms. The molecule has 1 fully saturated rings. The van der Waals surface area contributed by atoms with Crippen LogP contribution < -0.4 is 5.32 Å². The van der Waals surface area contributed by atoms with Crippen molar-refractivity contribution < 1.29 is 13.2 Å². The number of nitrogens with one attached hydrogen (secondary N) is 2. The third kappa shape index (κ3) is 3.59. The van der Waals surface area contributed by atoms with Crippen LogP contribution in [0.15, 0.2) is 47.6 Å². The van der Waals surface area contributed by atoms with Crippen molar-refractivity contribution in [2.75, 3.05) is 6.26 Å². The van der Waals surface area contributed by atoms with Crippen molar-refractivity contribution in [3.05, 3.63) is 48.5 Å². The first kappa shape index (κ1) is 19.7. The molecule has 0 saturated heterocycles. The van der Waals surface area contributed by atoms with E-state index in [1.807, 2.05) is 18.3 Å². The Morgan fingerprint density at radius 1 is 1.19 bits per heavy atom. The van der Waals surface area contributed by atoms with Gasteiger partial charge in [0.25, 0.3) is 0 Å². The number of aromatic amines is 1. The van der Waals surface area contributed by atoms with Gasteiger partial charge >= 0.3 is 0 Å². The number of carbonyl (C=O) groups is 1. The zero-order chi connectivity index (χ0) is 21.8. The van der Waals surface area contributed by atoms with E-state index >= 15 is 0 Å². The maximum Gasteiger partial charge on any atom is 0.217 e. The van der Waals surface area contributed by atoms with E-state index in [1.54, 1.807) is 31.3 Å². The molecule has 0 radical (unpaired) electrons. The summed E-state index contributed by atoms with van der Waals surface area (Å²) in [7, 11) is -3.30. The molecule has 160 valence electrons. The van der Waals surface area contributed by atoms with Crippen molar-refractivity contribution in [3.63, 3.8) is 0 Å². The smallest absolute Gasteiger partial charge is 0.217 e. The van der Waals surface area contributed by atoms with Gasteiger partial charge in [0.2, 0.25) is 5.91 Å². The molecule has 4 aromatic rings. The molecular weight excluding hydrogens is 414 g/mol. The van der Waals surface area contributed by atoms with Crippen LogP contribution in [-0.2, 0) is 14.6 Å². The van der Waals surface area contributed by atoms with Crippen molar-refractivity contribution in [3.8, 4) is 11.3 Å². The number of carbonyl (C=O) groups excluding carboxylic acids is 1. The molecule has 9 heteroatoms. The molecule has 5 rings (SSSR count). The van der Waals surface area contributed by atoms with Gasteiger partial charge in [-0.1, -0.05) is 12.1 Å². The molecule has 0 spiro atoms. The van der Waals surface area contributed by atoms with Gasteiger partial charge in [0.15, 0.2) is 15.5 Å². The van der Waals surface area contributed by atoms with Crippen molar-refractivity contribution in [2.45, 2.75) is 43.0 Å². The first-order valence-electron chi connectivity index (χ1n) is 10.2. The largest absolute Gasteiger partial charge is 0.354 e. The number of nitrogens with zero attached hydrogens (tertiary/aromatic N) is 3. The fourth-order valence-electron chi connectivity index (χ4n) is 4.54. The van der Waals surface area contributed by atoms with Crippen LogP contribution in [0.4, 0.5) is 0 Å². The van der Waals surface area contributed by atoms with Gasteiger partial charge in [-0.15, -0.1) is 0 Å². The lowest BCUT2D eigenvalue weighted by molar-refractivity contribution is -0.119. The Morgan fingerprint density at radius 2 is 2.00 bits per heavy atom. The third-order valence-electron chi connectivity index (χ3n) is 5.94. The summed E-state index contributed by atoms with van der Waals surface area (Å²) in [6.45, 7) is 1.55. The van der Waals surface area contributed by atoms with E-state index < -0.39 is 9.84 Å². The Balaban J connectivity index is 1.58. The molecule has 1 amide bonds. The Morgan fingerprint density at radius 3 is 2.77 bits per heavy atom. The number of imidazole rings is 1.